The first-order valence-electron chi connectivity index (χ1n) is 5.65. The van der Waals surface area contributed by atoms with Gasteiger partial charge in [0, 0.05) is 17.5 Å². The molecular weight excluding hydrogens is 220 g/mol. The van der Waals surface area contributed by atoms with Crippen LogP contribution < -0.4 is 5.63 Å². The lowest BCUT2D eigenvalue weighted by Gasteiger charge is -2.26. The van der Waals surface area contributed by atoms with E-state index in [9.17, 15) is 15.0 Å². The molecule has 0 spiro atoms. The molecule has 0 saturated heterocycles. The molecule has 0 unspecified atom stereocenters. The average molecular weight is 232 g/mol. The standard InChI is InChI=1S/C13H12O4/c14-10-4-9-8(7-2-1-3-7)5-13(16)17-12(9)6-11(10)15/h4-7,14-15H,1-3H2. The SMILES string of the molecule is O=c1cc(C2CCC2)c2cc(O)c(O)cc2o1. The van der Waals surface area contributed by atoms with E-state index >= 15 is 0 Å². The molecule has 1 heterocycles. The Hall–Kier alpha value is -1.97. The molecule has 0 atom stereocenters. The van der Waals surface area contributed by atoms with Crippen molar-refractivity contribution < 1.29 is 14.6 Å². The number of aromatic hydroxyl groups is 2. The molecule has 4 nitrogen and oxygen atoms in total. The highest BCUT2D eigenvalue weighted by molar-refractivity contribution is 5.84. The number of hydrogen-bond donors (Lipinski definition) is 2. The van der Waals surface area contributed by atoms with Gasteiger partial charge in [-0.3, -0.25) is 0 Å². The first kappa shape index (κ1) is 10.2. The lowest BCUT2D eigenvalue weighted by Crippen LogP contribution is -2.12. The van der Waals surface area contributed by atoms with Crippen molar-refractivity contribution in [2.45, 2.75) is 25.2 Å². The number of benzene rings is 1. The van der Waals surface area contributed by atoms with Gasteiger partial charge in [0.1, 0.15) is 5.58 Å². The molecule has 0 radical (unpaired) electrons. The smallest absolute Gasteiger partial charge is 0.336 e. The number of phenolic OH excluding ortho intramolecular Hbond substituents is 2. The third-order valence-electron chi connectivity index (χ3n) is 3.42. The zero-order valence-electron chi connectivity index (χ0n) is 9.14. The summed E-state index contributed by atoms with van der Waals surface area (Å²) in [4.78, 5) is 11.4. The Balaban J connectivity index is 2.32. The summed E-state index contributed by atoms with van der Waals surface area (Å²) in [6, 6.07) is 4.23. The van der Waals surface area contributed by atoms with Gasteiger partial charge in [0.15, 0.2) is 11.5 Å². The van der Waals surface area contributed by atoms with Gasteiger partial charge in [-0.05, 0) is 30.4 Å². The van der Waals surface area contributed by atoms with Gasteiger partial charge < -0.3 is 14.6 Å². The predicted molar refractivity (Wildman–Crippen MR) is 62.4 cm³/mol. The summed E-state index contributed by atoms with van der Waals surface area (Å²) < 4.78 is 5.03. The highest BCUT2D eigenvalue weighted by Gasteiger charge is 2.23. The third kappa shape index (κ3) is 1.56. The molecule has 3 rings (SSSR count). The Morgan fingerprint density at radius 1 is 1.12 bits per heavy atom. The van der Waals surface area contributed by atoms with E-state index in [1.54, 1.807) is 0 Å². The first-order chi connectivity index (χ1) is 8.15. The molecular formula is C13H12O4. The Morgan fingerprint density at radius 2 is 1.82 bits per heavy atom. The minimum atomic E-state index is -0.413. The molecule has 0 bridgehead atoms. The number of fused-ring (bicyclic) bond motifs is 1. The van der Waals surface area contributed by atoms with Crippen LogP contribution in [0.25, 0.3) is 11.0 Å². The van der Waals surface area contributed by atoms with E-state index in [1.807, 2.05) is 0 Å². The zero-order valence-corrected chi connectivity index (χ0v) is 9.14. The van der Waals surface area contributed by atoms with Crippen LogP contribution in [-0.2, 0) is 0 Å². The summed E-state index contributed by atoms with van der Waals surface area (Å²) in [7, 11) is 0. The van der Waals surface area contributed by atoms with E-state index in [0.29, 0.717) is 16.9 Å². The summed E-state index contributed by atoms with van der Waals surface area (Å²) in [5.41, 5.74) is 0.831. The highest BCUT2D eigenvalue weighted by atomic mass is 16.4. The van der Waals surface area contributed by atoms with Gasteiger partial charge in [0.2, 0.25) is 0 Å². The maximum atomic E-state index is 11.4. The molecule has 88 valence electrons. The summed E-state index contributed by atoms with van der Waals surface area (Å²) >= 11 is 0. The number of phenols is 2. The number of hydrogen-bond acceptors (Lipinski definition) is 4. The van der Waals surface area contributed by atoms with Crippen LogP contribution in [-0.4, -0.2) is 10.2 Å². The fraction of sp³-hybridized carbons (Fsp3) is 0.308. The highest BCUT2D eigenvalue weighted by Crippen LogP contribution is 2.41. The van der Waals surface area contributed by atoms with Crippen molar-refractivity contribution in [2.24, 2.45) is 0 Å². The molecule has 1 saturated carbocycles. The molecule has 2 N–H and O–H groups in total. The summed E-state index contributed by atoms with van der Waals surface area (Å²) in [5, 5.41) is 19.6. The van der Waals surface area contributed by atoms with Crippen LogP contribution in [0, 0.1) is 0 Å². The van der Waals surface area contributed by atoms with Crippen LogP contribution in [0.3, 0.4) is 0 Å². The van der Waals surface area contributed by atoms with Crippen LogP contribution in [0.15, 0.2) is 27.4 Å². The predicted octanol–water partition coefficient (Wildman–Crippen LogP) is 2.47. The van der Waals surface area contributed by atoms with Crippen molar-refractivity contribution in [2.75, 3.05) is 0 Å². The monoisotopic (exact) mass is 232 g/mol. The van der Waals surface area contributed by atoms with Gasteiger partial charge in [0.05, 0.1) is 0 Å². The maximum absolute atomic E-state index is 11.4. The van der Waals surface area contributed by atoms with Crippen molar-refractivity contribution in [1.29, 1.82) is 0 Å². The topological polar surface area (TPSA) is 70.7 Å². The molecule has 0 amide bonds. The van der Waals surface area contributed by atoms with E-state index in [2.05, 4.69) is 0 Å². The fourth-order valence-corrected chi connectivity index (χ4v) is 2.27. The normalized spacial score (nSPS) is 16.0. The Kier molecular flexibility index (Phi) is 2.11. The summed E-state index contributed by atoms with van der Waals surface area (Å²) in [6.07, 6.45) is 3.27. The molecule has 17 heavy (non-hydrogen) atoms. The van der Waals surface area contributed by atoms with E-state index in [1.165, 1.54) is 18.2 Å². The van der Waals surface area contributed by atoms with Gasteiger partial charge in [-0.25, -0.2) is 4.79 Å². The molecule has 0 aliphatic heterocycles. The van der Waals surface area contributed by atoms with Gasteiger partial charge in [-0.1, -0.05) is 6.42 Å². The Bertz CT molecular complexity index is 638. The van der Waals surface area contributed by atoms with Crippen LogP contribution >= 0.6 is 0 Å². The van der Waals surface area contributed by atoms with Crippen molar-refractivity contribution in [3.8, 4) is 11.5 Å². The van der Waals surface area contributed by atoms with Gasteiger partial charge in [-0.15, -0.1) is 0 Å². The first-order valence-corrected chi connectivity index (χ1v) is 5.65. The van der Waals surface area contributed by atoms with E-state index in [4.69, 9.17) is 4.42 Å². The van der Waals surface area contributed by atoms with Crippen molar-refractivity contribution in [3.05, 3.63) is 34.2 Å². The average Bonchev–Trinajstić information content (AvgIpc) is 2.18. The van der Waals surface area contributed by atoms with Crippen molar-refractivity contribution in [1.82, 2.24) is 0 Å². The lowest BCUT2D eigenvalue weighted by atomic mass is 9.79. The van der Waals surface area contributed by atoms with Crippen LogP contribution in [0.1, 0.15) is 30.7 Å². The zero-order chi connectivity index (χ0) is 12.0. The van der Waals surface area contributed by atoms with Crippen LogP contribution in [0.5, 0.6) is 11.5 Å². The molecule has 1 aliphatic carbocycles. The molecule has 1 aromatic carbocycles. The molecule has 1 aliphatic rings. The quantitative estimate of drug-likeness (QED) is 0.585. The van der Waals surface area contributed by atoms with Crippen LogP contribution in [0.2, 0.25) is 0 Å². The fourth-order valence-electron chi connectivity index (χ4n) is 2.27. The van der Waals surface area contributed by atoms with Crippen LogP contribution in [0.4, 0.5) is 0 Å². The second kappa shape index (κ2) is 3.52. The summed E-state index contributed by atoms with van der Waals surface area (Å²) in [5.74, 6) is -0.0936. The second-order valence-corrected chi connectivity index (χ2v) is 4.49. The van der Waals surface area contributed by atoms with E-state index < -0.39 is 5.63 Å². The maximum Gasteiger partial charge on any atom is 0.336 e. The largest absolute Gasteiger partial charge is 0.504 e. The molecule has 2 aromatic rings. The Morgan fingerprint density at radius 3 is 2.47 bits per heavy atom. The van der Waals surface area contributed by atoms with E-state index in [-0.39, 0.29) is 11.5 Å². The summed E-state index contributed by atoms with van der Waals surface area (Å²) in [6.45, 7) is 0. The van der Waals surface area contributed by atoms with Crippen molar-refractivity contribution >= 4 is 11.0 Å². The molecule has 1 aromatic heterocycles. The lowest BCUT2D eigenvalue weighted by molar-refractivity contribution is 0.401. The number of rotatable bonds is 1. The minimum Gasteiger partial charge on any atom is -0.504 e. The van der Waals surface area contributed by atoms with Gasteiger partial charge in [0.25, 0.3) is 0 Å². The second-order valence-electron chi connectivity index (χ2n) is 4.49. The van der Waals surface area contributed by atoms with E-state index in [0.717, 1.165) is 24.8 Å². The molecule has 4 heteroatoms. The Labute approximate surface area is 97.1 Å². The minimum absolute atomic E-state index is 0.188. The molecule has 1 fully saturated rings. The third-order valence-corrected chi connectivity index (χ3v) is 3.42. The van der Waals surface area contributed by atoms with Crippen molar-refractivity contribution in [3.63, 3.8) is 0 Å². The van der Waals surface area contributed by atoms with Gasteiger partial charge >= 0.3 is 5.63 Å². The van der Waals surface area contributed by atoms with Gasteiger partial charge in [-0.2, -0.15) is 0 Å².